The molecule has 0 radical (unpaired) electrons. The van der Waals surface area contributed by atoms with Crippen molar-refractivity contribution in [2.75, 3.05) is 0 Å². The molecule has 1 rings (SSSR count). The largest absolute Gasteiger partial charge is 0.506 e. The van der Waals surface area contributed by atoms with Gasteiger partial charge in [0.05, 0.1) is 11.1 Å². The Morgan fingerprint density at radius 1 is 1.26 bits per heavy atom. The second-order valence-electron chi connectivity index (χ2n) is 3.73. The molecule has 0 bridgehead atoms. The van der Waals surface area contributed by atoms with Crippen LogP contribution in [0.25, 0.3) is 0 Å². The van der Waals surface area contributed by atoms with Crippen molar-refractivity contribution in [3.8, 4) is 5.75 Å². The van der Waals surface area contributed by atoms with Crippen LogP contribution in [0.2, 0.25) is 10.0 Å². The molecule has 0 unspecified atom stereocenters. The number of benzene rings is 1. The molecule has 2 atom stereocenters. The summed E-state index contributed by atoms with van der Waals surface area (Å²) in [6.07, 6.45) is -7.04. The van der Waals surface area contributed by atoms with Crippen molar-refractivity contribution in [3.05, 3.63) is 27.7 Å². The SMILES string of the molecule is Cl.N[C@H](C[C@@H](O)c1cc(Cl)cc(Cl)c1O)C(F)(F)F. The number of aliphatic hydroxyl groups excluding tert-OH is 1. The van der Waals surface area contributed by atoms with Gasteiger partial charge in [-0.3, -0.25) is 0 Å². The van der Waals surface area contributed by atoms with Gasteiger partial charge >= 0.3 is 6.18 Å². The molecule has 0 spiro atoms. The van der Waals surface area contributed by atoms with Crippen molar-refractivity contribution in [3.63, 3.8) is 0 Å². The van der Waals surface area contributed by atoms with E-state index in [1.165, 1.54) is 6.07 Å². The molecule has 0 saturated heterocycles. The Labute approximate surface area is 123 Å². The molecule has 0 amide bonds. The Hall–Kier alpha value is -0.400. The van der Waals surface area contributed by atoms with Crippen molar-refractivity contribution in [1.29, 1.82) is 0 Å². The summed E-state index contributed by atoms with van der Waals surface area (Å²) < 4.78 is 36.7. The van der Waals surface area contributed by atoms with Crippen LogP contribution in [0.15, 0.2) is 12.1 Å². The lowest BCUT2D eigenvalue weighted by molar-refractivity contribution is -0.153. The summed E-state index contributed by atoms with van der Waals surface area (Å²) in [6, 6.07) is 0.138. The topological polar surface area (TPSA) is 66.5 Å². The number of hydrogen-bond donors (Lipinski definition) is 3. The third kappa shape index (κ3) is 4.89. The highest BCUT2D eigenvalue weighted by molar-refractivity contribution is 6.35. The summed E-state index contributed by atoms with van der Waals surface area (Å²) in [4.78, 5) is 0. The standard InChI is InChI=1S/C10H10Cl2F3NO2.ClH/c11-4-1-5(9(18)6(12)2-4)7(17)3-8(16)10(13,14)15;/h1-2,7-8,17-18H,3,16H2;1H/t7-,8-;/m1./s1. The van der Waals surface area contributed by atoms with Gasteiger partial charge in [0.15, 0.2) is 0 Å². The van der Waals surface area contributed by atoms with Crippen molar-refractivity contribution in [2.24, 2.45) is 5.73 Å². The molecule has 0 aromatic heterocycles. The first kappa shape index (κ1) is 18.6. The number of rotatable bonds is 3. The number of halogens is 6. The molecule has 1 aromatic rings. The molecular formula is C10H11Cl3F3NO2. The van der Waals surface area contributed by atoms with E-state index in [0.717, 1.165) is 6.07 Å². The van der Waals surface area contributed by atoms with Gasteiger partial charge in [0.1, 0.15) is 11.8 Å². The zero-order chi connectivity index (χ0) is 14.1. The molecule has 19 heavy (non-hydrogen) atoms. The fraction of sp³-hybridized carbons (Fsp3) is 0.400. The third-order valence-electron chi connectivity index (χ3n) is 2.31. The van der Waals surface area contributed by atoms with Gasteiger partial charge in [-0.15, -0.1) is 12.4 Å². The molecule has 0 fully saturated rings. The maximum absolute atomic E-state index is 12.2. The Balaban J connectivity index is 0.00000324. The molecule has 3 nitrogen and oxygen atoms in total. The first-order chi connectivity index (χ1) is 8.12. The fourth-order valence-electron chi connectivity index (χ4n) is 1.34. The van der Waals surface area contributed by atoms with E-state index in [0.29, 0.717) is 0 Å². The van der Waals surface area contributed by atoms with Crippen LogP contribution in [0, 0.1) is 0 Å². The minimum Gasteiger partial charge on any atom is -0.506 e. The average molecular weight is 341 g/mol. The highest BCUT2D eigenvalue weighted by Crippen LogP contribution is 2.37. The van der Waals surface area contributed by atoms with Gasteiger partial charge in [-0.05, 0) is 12.1 Å². The number of aromatic hydroxyl groups is 1. The Kier molecular flexibility index (Phi) is 6.71. The second-order valence-corrected chi connectivity index (χ2v) is 4.57. The normalized spacial score (nSPS) is 14.7. The number of phenols is 1. The summed E-state index contributed by atoms with van der Waals surface area (Å²) in [5.74, 6) is -0.511. The third-order valence-corrected chi connectivity index (χ3v) is 2.82. The number of phenolic OH excluding ortho intramolecular Hbond substituents is 1. The zero-order valence-corrected chi connectivity index (χ0v) is 11.6. The number of alkyl halides is 3. The van der Waals surface area contributed by atoms with Gasteiger partial charge in [-0.1, -0.05) is 23.2 Å². The lowest BCUT2D eigenvalue weighted by Crippen LogP contribution is -2.38. The lowest BCUT2D eigenvalue weighted by atomic mass is 10.0. The Bertz CT molecular complexity index is 443. The van der Waals surface area contributed by atoms with E-state index in [1.807, 2.05) is 0 Å². The summed E-state index contributed by atoms with van der Waals surface area (Å²) in [7, 11) is 0. The minimum atomic E-state index is -4.63. The summed E-state index contributed by atoms with van der Waals surface area (Å²) in [5.41, 5.74) is 4.69. The van der Waals surface area contributed by atoms with E-state index in [-0.39, 0.29) is 28.0 Å². The van der Waals surface area contributed by atoms with Gasteiger partial charge in [0, 0.05) is 17.0 Å². The van der Waals surface area contributed by atoms with Gasteiger partial charge in [-0.2, -0.15) is 13.2 Å². The molecule has 9 heteroatoms. The number of hydrogen-bond acceptors (Lipinski definition) is 3. The van der Waals surface area contributed by atoms with Crippen LogP contribution >= 0.6 is 35.6 Å². The van der Waals surface area contributed by atoms with Crippen LogP contribution < -0.4 is 5.73 Å². The second kappa shape index (κ2) is 6.85. The molecule has 0 aliphatic carbocycles. The Morgan fingerprint density at radius 2 is 1.79 bits per heavy atom. The van der Waals surface area contributed by atoms with Crippen LogP contribution in [0.3, 0.4) is 0 Å². The molecule has 0 saturated carbocycles. The molecule has 0 heterocycles. The predicted molar refractivity (Wildman–Crippen MR) is 69.0 cm³/mol. The summed E-state index contributed by atoms with van der Waals surface area (Å²) in [5, 5.41) is 19.1. The highest BCUT2D eigenvalue weighted by Gasteiger charge is 2.38. The van der Waals surface area contributed by atoms with Crippen molar-refractivity contribution in [2.45, 2.75) is 24.7 Å². The summed E-state index contributed by atoms with van der Waals surface area (Å²) in [6.45, 7) is 0. The minimum absolute atomic E-state index is 0. The maximum Gasteiger partial charge on any atom is 0.403 e. The van der Waals surface area contributed by atoms with E-state index >= 15 is 0 Å². The van der Waals surface area contributed by atoms with Crippen LogP contribution in [-0.2, 0) is 0 Å². The average Bonchev–Trinajstić information content (AvgIpc) is 2.21. The molecule has 110 valence electrons. The smallest absolute Gasteiger partial charge is 0.403 e. The van der Waals surface area contributed by atoms with E-state index in [9.17, 15) is 23.4 Å². The molecular weight excluding hydrogens is 329 g/mol. The molecule has 1 aromatic carbocycles. The first-order valence-corrected chi connectivity index (χ1v) is 5.56. The molecule has 0 aliphatic heterocycles. The van der Waals surface area contributed by atoms with Crippen LogP contribution in [-0.4, -0.2) is 22.4 Å². The van der Waals surface area contributed by atoms with Crippen molar-refractivity contribution < 1.29 is 23.4 Å². The van der Waals surface area contributed by atoms with Crippen LogP contribution in [0.1, 0.15) is 18.1 Å². The highest BCUT2D eigenvalue weighted by atomic mass is 35.5. The molecule has 4 N–H and O–H groups in total. The van der Waals surface area contributed by atoms with E-state index < -0.39 is 30.5 Å². The number of aliphatic hydroxyl groups is 1. The van der Waals surface area contributed by atoms with Gasteiger partial charge in [0.2, 0.25) is 0 Å². The first-order valence-electron chi connectivity index (χ1n) is 4.81. The predicted octanol–water partition coefficient (Wildman–Crippen LogP) is 3.43. The maximum atomic E-state index is 12.2. The van der Waals surface area contributed by atoms with Crippen molar-refractivity contribution in [1.82, 2.24) is 0 Å². The Morgan fingerprint density at radius 3 is 2.26 bits per heavy atom. The van der Waals surface area contributed by atoms with Gasteiger partial charge in [0.25, 0.3) is 0 Å². The van der Waals surface area contributed by atoms with Gasteiger partial charge < -0.3 is 15.9 Å². The van der Waals surface area contributed by atoms with E-state index in [4.69, 9.17) is 28.9 Å². The lowest BCUT2D eigenvalue weighted by Gasteiger charge is -2.20. The fourth-order valence-corrected chi connectivity index (χ4v) is 1.85. The zero-order valence-electron chi connectivity index (χ0n) is 9.29. The van der Waals surface area contributed by atoms with Crippen LogP contribution in [0.5, 0.6) is 5.75 Å². The van der Waals surface area contributed by atoms with Crippen molar-refractivity contribution >= 4 is 35.6 Å². The van der Waals surface area contributed by atoms with Gasteiger partial charge in [-0.25, -0.2) is 0 Å². The van der Waals surface area contributed by atoms with Crippen LogP contribution in [0.4, 0.5) is 13.2 Å². The van der Waals surface area contributed by atoms with E-state index in [1.54, 1.807) is 0 Å². The number of nitrogens with two attached hydrogens (primary N) is 1. The van der Waals surface area contributed by atoms with E-state index in [2.05, 4.69) is 0 Å². The molecule has 0 aliphatic rings. The summed E-state index contributed by atoms with van der Waals surface area (Å²) >= 11 is 11.2. The quantitative estimate of drug-likeness (QED) is 0.790. The monoisotopic (exact) mass is 339 g/mol.